The Morgan fingerprint density at radius 2 is 2.00 bits per heavy atom. The third kappa shape index (κ3) is 3.14. The summed E-state index contributed by atoms with van der Waals surface area (Å²) in [5.41, 5.74) is 1.25. The number of hydrogen-bond acceptors (Lipinski definition) is 8. The van der Waals surface area contributed by atoms with Crippen molar-refractivity contribution in [3.63, 3.8) is 0 Å². The first-order valence-corrected chi connectivity index (χ1v) is 7.90. The van der Waals surface area contributed by atoms with Crippen LogP contribution < -0.4 is 14.8 Å². The van der Waals surface area contributed by atoms with Crippen LogP contribution in [-0.4, -0.2) is 28.3 Å². The van der Waals surface area contributed by atoms with Crippen LogP contribution in [0, 0.1) is 10.1 Å². The van der Waals surface area contributed by atoms with E-state index in [1.807, 2.05) is 18.2 Å². The Labute approximate surface area is 147 Å². The van der Waals surface area contributed by atoms with Crippen molar-refractivity contribution in [2.75, 3.05) is 18.5 Å². The molecule has 0 saturated carbocycles. The summed E-state index contributed by atoms with van der Waals surface area (Å²) in [6.45, 7) is 1.29. The van der Waals surface area contributed by atoms with Crippen molar-refractivity contribution in [3.8, 4) is 22.9 Å². The van der Waals surface area contributed by atoms with Gasteiger partial charge < -0.3 is 19.3 Å². The molecule has 1 N–H and O–H groups in total. The number of anilines is 1. The second kappa shape index (κ2) is 6.71. The number of ether oxygens (including phenoxy) is 2. The average Bonchev–Trinajstić information content (AvgIpc) is 3.15. The fraction of sp³-hybridized carbons (Fsp3) is 0.176. The Balaban J connectivity index is 1.50. The van der Waals surface area contributed by atoms with E-state index in [4.69, 9.17) is 14.0 Å². The fourth-order valence-corrected chi connectivity index (χ4v) is 2.59. The van der Waals surface area contributed by atoms with E-state index in [2.05, 4.69) is 15.5 Å². The third-order valence-electron chi connectivity index (χ3n) is 3.78. The van der Waals surface area contributed by atoms with Gasteiger partial charge in [-0.1, -0.05) is 23.4 Å². The summed E-state index contributed by atoms with van der Waals surface area (Å²) < 4.78 is 16.4. The van der Waals surface area contributed by atoms with Crippen LogP contribution in [0.1, 0.15) is 5.89 Å². The highest BCUT2D eigenvalue weighted by molar-refractivity contribution is 5.63. The summed E-state index contributed by atoms with van der Waals surface area (Å²) >= 11 is 0. The van der Waals surface area contributed by atoms with Gasteiger partial charge in [0.1, 0.15) is 13.2 Å². The largest absolute Gasteiger partial charge is 0.486 e. The number of nitro groups is 1. The highest BCUT2D eigenvalue weighted by Gasteiger charge is 2.17. The molecular formula is C17H14N4O5. The lowest BCUT2D eigenvalue weighted by atomic mass is 10.2. The predicted molar refractivity (Wildman–Crippen MR) is 91.1 cm³/mol. The molecule has 2 heterocycles. The predicted octanol–water partition coefficient (Wildman–Crippen LogP) is 3.03. The van der Waals surface area contributed by atoms with Crippen molar-refractivity contribution in [3.05, 3.63) is 58.5 Å². The normalized spacial score (nSPS) is 12.6. The Morgan fingerprint density at radius 3 is 2.88 bits per heavy atom. The average molecular weight is 354 g/mol. The van der Waals surface area contributed by atoms with Gasteiger partial charge in [0, 0.05) is 17.7 Å². The van der Waals surface area contributed by atoms with Crippen LogP contribution in [-0.2, 0) is 6.54 Å². The summed E-state index contributed by atoms with van der Waals surface area (Å²) in [6.07, 6.45) is 0. The molecule has 4 rings (SSSR count). The van der Waals surface area contributed by atoms with Gasteiger partial charge in [-0.2, -0.15) is 4.98 Å². The molecule has 0 amide bonds. The zero-order valence-corrected chi connectivity index (χ0v) is 13.5. The van der Waals surface area contributed by atoms with Gasteiger partial charge >= 0.3 is 0 Å². The summed E-state index contributed by atoms with van der Waals surface area (Å²) in [6, 6.07) is 11.6. The Kier molecular flexibility index (Phi) is 4.10. The number of nitrogens with one attached hydrogen (secondary N) is 1. The van der Waals surface area contributed by atoms with Gasteiger partial charge in [0.05, 0.1) is 17.2 Å². The molecule has 1 aliphatic heterocycles. The minimum Gasteiger partial charge on any atom is -0.486 e. The maximum Gasteiger partial charge on any atom is 0.270 e. The van der Waals surface area contributed by atoms with Crippen molar-refractivity contribution in [2.45, 2.75) is 6.54 Å². The minimum absolute atomic E-state index is 0.0277. The van der Waals surface area contributed by atoms with Crippen molar-refractivity contribution in [1.82, 2.24) is 10.1 Å². The van der Waals surface area contributed by atoms with Crippen molar-refractivity contribution >= 4 is 11.4 Å². The summed E-state index contributed by atoms with van der Waals surface area (Å²) in [4.78, 5) is 14.7. The quantitative estimate of drug-likeness (QED) is 0.549. The Bertz CT molecular complexity index is 956. The number of benzene rings is 2. The molecule has 0 radical (unpaired) electrons. The number of nitrogens with zero attached hydrogens (tertiary/aromatic N) is 3. The highest BCUT2D eigenvalue weighted by atomic mass is 16.6. The first-order valence-electron chi connectivity index (χ1n) is 7.90. The third-order valence-corrected chi connectivity index (χ3v) is 3.78. The molecule has 0 atom stereocenters. The number of rotatable bonds is 5. The number of aromatic nitrogens is 2. The van der Waals surface area contributed by atoms with Crippen molar-refractivity contribution in [2.24, 2.45) is 0 Å². The van der Waals surface area contributed by atoms with Crippen molar-refractivity contribution in [1.29, 1.82) is 0 Å². The van der Waals surface area contributed by atoms with Gasteiger partial charge in [-0.3, -0.25) is 10.1 Å². The molecule has 9 heteroatoms. The van der Waals surface area contributed by atoms with Crippen LogP contribution in [0.15, 0.2) is 47.0 Å². The fourth-order valence-electron chi connectivity index (χ4n) is 2.59. The molecule has 0 aliphatic carbocycles. The van der Waals surface area contributed by atoms with Crippen LogP contribution in [0.4, 0.5) is 11.4 Å². The topological polar surface area (TPSA) is 113 Å². The van der Waals surface area contributed by atoms with Crippen LogP contribution >= 0.6 is 0 Å². The summed E-state index contributed by atoms with van der Waals surface area (Å²) in [7, 11) is 0. The zero-order chi connectivity index (χ0) is 17.9. The van der Waals surface area contributed by atoms with Crippen molar-refractivity contribution < 1.29 is 18.9 Å². The van der Waals surface area contributed by atoms with E-state index in [-0.39, 0.29) is 12.2 Å². The van der Waals surface area contributed by atoms with Gasteiger partial charge in [-0.15, -0.1) is 0 Å². The molecule has 26 heavy (non-hydrogen) atoms. The van der Waals surface area contributed by atoms with Gasteiger partial charge in [0.2, 0.25) is 11.7 Å². The van der Waals surface area contributed by atoms with Crippen LogP contribution in [0.3, 0.4) is 0 Å². The van der Waals surface area contributed by atoms with E-state index in [1.54, 1.807) is 12.1 Å². The van der Waals surface area contributed by atoms with E-state index in [1.165, 1.54) is 12.1 Å². The SMILES string of the molecule is O=[N+]([O-])c1cccc(-c2noc(CNc3cccc4c3OCCO4)n2)c1. The van der Waals surface area contributed by atoms with Gasteiger partial charge in [-0.05, 0) is 12.1 Å². The lowest BCUT2D eigenvalue weighted by molar-refractivity contribution is -0.384. The molecule has 0 unspecified atom stereocenters. The highest BCUT2D eigenvalue weighted by Crippen LogP contribution is 2.37. The second-order valence-corrected chi connectivity index (χ2v) is 5.50. The first-order chi connectivity index (χ1) is 12.7. The molecule has 1 aromatic heterocycles. The number of hydrogen-bond donors (Lipinski definition) is 1. The molecule has 2 aromatic carbocycles. The molecule has 9 nitrogen and oxygen atoms in total. The van der Waals surface area contributed by atoms with E-state index < -0.39 is 4.92 Å². The lowest BCUT2D eigenvalue weighted by Crippen LogP contribution is -2.16. The lowest BCUT2D eigenvalue weighted by Gasteiger charge is -2.21. The van der Waals surface area contributed by atoms with Crippen LogP contribution in [0.25, 0.3) is 11.4 Å². The second-order valence-electron chi connectivity index (χ2n) is 5.50. The molecule has 0 bridgehead atoms. The van der Waals surface area contributed by atoms with Gasteiger partial charge in [0.15, 0.2) is 11.5 Å². The molecule has 3 aromatic rings. The monoisotopic (exact) mass is 354 g/mol. The van der Waals surface area contributed by atoms with Gasteiger partial charge in [-0.25, -0.2) is 0 Å². The molecular weight excluding hydrogens is 340 g/mol. The minimum atomic E-state index is -0.466. The molecule has 0 fully saturated rings. The molecule has 132 valence electrons. The van der Waals surface area contributed by atoms with E-state index >= 15 is 0 Å². The summed E-state index contributed by atoms with van der Waals surface area (Å²) in [5, 5.41) is 17.9. The maximum absolute atomic E-state index is 10.9. The maximum atomic E-state index is 10.9. The smallest absolute Gasteiger partial charge is 0.270 e. The van der Waals surface area contributed by atoms with E-state index in [0.717, 1.165) is 5.69 Å². The van der Waals surface area contributed by atoms with E-state index in [0.29, 0.717) is 42.0 Å². The standard InChI is InChI=1S/C17H14N4O5/c22-21(23)12-4-1-3-11(9-12)17-19-15(26-20-17)10-18-13-5-2-6-14-16(13)25-8-7-24-14/h1-6,9,18H,7-8,10H2. The molecule has 0 spiro atoms. The molecule has 1 aliphatic rings. The summed E-state index contributed by atoms with van der Waals surface area (Å²) in [5.74, 6) is 1.97. The number of fused-ring (bicyclic) bond motifs is 1. The van der Waals surface area contributed by atoms with Gasteiger partial charge in [0.25, 0.3) is 5.69 Å². The number of para-hydroxylation sites is 1. The Morgan fingerprint density at radius 1 is 1.15 bits per heavy atom. The van der Waals surface area contributed by atoms with Crippen LogP contribution in [0.5, 0.6) is 11.5 Å². The van der Waals surface area contributed by atoms with Crippen LogP contribution in [0.2, 0.25) is 0 Å². The Hall–Kier alpha value is -3.62. The number of non-ortho nitro benzene ring substituents is 1. The number of nitro benzene ring substituents is 1. The first kappa shape index (κ1) is 15.9. The molecule has 0 saturated heterocycles. The van der Waals surface area contributed by atoms with E-state index in [9.17, 15) is 10.1 Å². The zero-order valence-electron chi connectivity index (χ0n) is 13.5.